The number of hydrogen-bond donors (Lipinski definition) is 1. The van der Waals surface area contributed by atoms with E-state index < -0.39 is 0 Å². The lowest BCUT2D eigenvalue weighted by atomic mass is 10.0. The highest BCUT2D eigenvalue weighted by Gasteiger charge is 2.20. The molecule has 1 N–H and O–H groups in total. The van der Waals surface area contributed by atoms with Crippen molar-refractivity contribution in [2.24, 2.45) is 0 Å². The van der Waals surface area contributed by atoms with Crippen LogP contribution >= 0.6 is 0 Å². The molecule has 1 aromatic rings. The molecular weight excluding hydrogens is 238 g/mol. The molecule has 19 heavy (non-hydrogen) atoms. The molecule has 0 spiro atoms. The molecule has 0 heterocycles. The first-order valence-corrected chi connectivity index (χ1v) is 6.99. The second kappa shape index (κ2) is 7.95. The number of benzene rings is 1. The Morgan fingerprint density at radius 2 is 2.16 bits per heavy atom. The summed E-state index contributed by atoms with van der Waals surface area (Å²) in [7, 11) is 1.44. The Labute approximate surface area is 116 Å². The third-order valence-electron chi connectivity index (χ3n) is 3.33. The van der Waals surface area contributed by atoms with Crippen molar-refractivity contribution in [2.45, 2.75) is 52.1 Å². The first-order chi connectivity index (χ1) is 9.08. The zero-order valence-corrected chi connectivity index (χ0v) is 12.4. The quantitative estimate of drug-likeness (QED) is 0.766. The van der Waals surface area contributed by atoms with Crippen molar-refractivity contribution in [2.75, 3.05) is 7.11 Å². The highest BCUT2D eigenvalue weighted by atomic mass is 16.5. The molecule has 0 radical (unpaired) electrons. The van der Waals surface area contributed by atoms with Gasteiger partial charge >= 0.3 is 5.97 Å². The Balaban J connectivity index is 2.69. The molecule has 2 atom stereocenters. The van der Waals surface area contributed by atoms with Crippen LogP contribution in [0.1, 0.15) is 50.3 Å². The van der Waals surface area contributed by atoms with Gasteiger partial charge in [0.05, 0.1) is 7.11 Å². The highest BCUT2D eigenvalue weighted by Crippen LogP contribution is 2.16. The second-order valence-electron chi connectivity index (χ2n) is 5.02. The summed E-state index contributed by atoms with van der Waals surface area (Å²) in [6.07, 6.45) is 2.92. The normalized spacial score (nSPS) is 13.9. The minimum Gasteiger partial charge on any atom is -0.468 e. The maximum atomic E-state index is 11.8. The number of carbonyl (C=O) groups is 1. The van der Waals surface area contributed by atoms with Crippen molar-refractivity contribution >= 4 is 5.97 Å². The molecule has 1 rings (SSSR count). The van der Waals surface area contributed by atoms with Crippen LogP contribution in [0.2, 0.25) is 0 Å². The number of methoxy groups -OCH3 is 1. The first kappa shape index (κ1) is 15.7. The molecule has 0 aliphatic heterocycles. The summed E-state index contributed by atoms with van der Waals surface area (Å²) in [5.41, 5.74) is 2.43. The van der Waals surface area contributed by atoms with Gasteiger partial charge in [-0.25, -0.2) is 0 Å². The van der Waals surface area contributed by atoms with Crippen LogP contribution in [-0.4, -0.2) is 19.1 Å². The third kappa shape index (κ3) is 5.03. The molecule has 1 aromatic carbocycles. The summed E-state index contributed by atoms with van der Waals surface area (Å²) >= 11 is 0. The van der Waals surface area contributed by atoms with Gasteiger partial charge in [-0.2, -0.15) is 0 Å². The van der Waals surface area contributed by atoms with Gasteiger partial charge in [0.15, 0.2) is 0 Å². The summed E-state index contributed by atoms with van der Waals surface area (Å²) in [6, 6.07) is 8.26. The predicted molar refractivity (Wildman–Crippen MR) is 78.1 cm³/mol. The Morgan fingerprint density at radius 1 is 1.42 bits per heavy atom. The molecule has 3 nitrogen and oxygen atoms in total. The number of ether oxygens (including phenoxy) is 1. The monoisotopic (exact) mass is 263 g/mol. The summed E-state index contributed by atoms with van der Waals surface area (Å²) in [6.45, 7) is 6.28. The van der Waals surface area contributed by atoms with E-state index in [1.54, 1.807) is 0 Å². The fourth-order valence-electron chi connectivity index (χ4n) is 2.16. The first-order valence-electron chi connectivity index (χ1n) is 6.99. The average molecular weight is 263 g/mol. The van der Waals surface area contributed by atoms with E-state index >= 15 is 0 Å². The zero-order valence-electron chi connectivity index (χ0n) is 12.4. The van der Waals surface area contributed by atoms with Crippen molar-refractivity contribution in [1.29, 1.82) is 0 Å². The number of aryl methyl sites for hydroxylation is 1. The molecule has 0 aromatic heterocycles. The fraction of sp³-hybridized carbons (Fsp3) is 0.562. The van der Waals surface area contributed by atoms with Gasteiger partial charge in [0.2, 0.25) is 0 Å². The van der Waals surface area contributed by atoms with Gasteiger partial charge in [-0.05, 0) is 25.8 Å². The standard InChI is InChI=1S/C16H25NO2/c1-5-6-10-15(16(18)19-4)17-13(3)14-9-7-8-12(2)11-14/h7-9,11,13,15,17H,5-6,10H2,1-4H3/t13-,15?/m1/s1. The lowest BCUT2D eigenvalue weighted by molar-refractivity contribution is -0.143. The lowest BCUT2D eigenvalue weighted by Crippen LogP contribution is -2.39. The molecule has 0 aliphatic rings. The van der Waals surface area contributed by atoms with Crippen LogP contribution in [0.25, 0.3) is 0 Å². The van der Waals surface area contributed by atoms with Crippen molar-refractivity contribution in [3.05, 3.63) is 35.4 Å². The smallest absolute Gasteiger partial charge is 0.322 e. The Morgan fingerprint density at radius 3 is 2.74 bits per heavy atom. The molecule has 0 fully saturated rings. The summed E-state index contributed by atoms with van der Waals surface area (Å²) in [5.74, 6) is -0.173. The van der Waals surface area contributed by atoms with Gasteiger partial charge < -0.3 is 4.74 Å². The van der Waals surface area contributed by atoms with E-state index in [0.29, 0.717) is 0 Å². The van der Waals surface area contributed by atoms with Crippen LogP contribution in [0.15, 0.2) is 24.3 Å². The Hall–Kier alpha value is -1.35. The van der Waals surface area contributed by atoms with Gasteiger partial charge in [-0.15, -0.1) is 0 Å². The van der Waals surface area contributed by atoms with Crippen LogP contribution in [0.4, 0.5) is 0 Å². The lowest BCUT2D eigenvalue weighted by Gasteiger charge is -2.22. The predicted octanol–water partition coefficient (Wildman–Crippen LogP) is 3.38. The molecule has 0 saturated carbocycles. The van der Waals surface area contributed by atoms with E-state index in [-0.39, 0.29) is 18.1 Å². The van der Waals surface area contributed by atoms with Gasteiger partial charge in [0, 0.05) is 6.04 Å². The second-order valence-corrected chi connectivity index (χ2v) is 5.02. The maximum absolute atomic E-state index is 11.8. The van der Waals surface area contributed by atoms with E-state index in [1.165, 1.54) is 18.2 Å². The number of nitrogens with one attached hydrogen (secondary N) is 1. The Bertz CT molecular complexity index is 403. The van der Waals surface area contributed by atoms with E-state index in [4.69, 9.17) is 4.74 Å². The summed E-state index contributed by atoms with van der Waals surface area (Å²) in [5, 5.41) is 3.37. The molecule has 0 amide bonds. The van der Waals surface area contributed by atoms with Crippen LogP contribution in [-0.2, 0) is 9.53 Å². The molecule has 3 heteroatoms. The van der Waals surface area contributed by atoms with Crippen molar-refractivity contribution in [3.8, 4) is 0 Å². The van der Waals surface area contributed by atoms with Crippen LogP contribution in [0.5, 0.6) is 0 Å². The SMILES string of the molecule is CCCCC(N[C@H](C)c1cccc(C)c1)C(=O)OC. The van der Waals surface area contributed by atoms with Crippen molar-refractivity contribution in [1.82, 2.24) is 5.32 Å². The van der Waals surface area contributed by atoms with Gasteiger partial charge in [0.25, 0.3) is 0 Å². The van der Waals surface area contributed by atoms with E-state index in [9.17, 15) is 4.79 Å². The van der Waals surface area contributed by atoms with Crippen LogP contribution < -0.4 is 5.32 Å². The van der Waals surface area contributed by atoms with Crippen molar-refractivity contribution < 1.29 is 9.53 Å². The summed E-state index contributed by atoms with van der Waals surface area (Å²) in [4.78, 5) is 11.8. The number of unbranched alkanes of at least 4 members (excludes halogenated alkanes) is 1. The van der Waals surface area contributed by atoms with E-state index in [1.807, 2.05) is 6.07 Å². The maximum Gasteiger partial charge on any atom is 0.322 e. The zero-order chi connectivity index (χ0) is 14.3. The third-order valence-corrected chi connectivity index (χ3v) is 3.33. The largest absolute Gasteiger partial charge is 0.468 e. The fourth-order valence-corrected chi connectivity index (χ4v) is 2.16. The molecule has 1 unspecified atom stereocenters. The van der Waals surface area contributed by atoms with Crippen LogP contribution in [0, 0.1) is 6.92 Å². The average Bonchev–Trinajstić information content (AvgIpc) is 2.42. The highest BCUT2D eigenvalue weighted by molar-refractivity contribution is 5.75. The van der Waals surface area contributed by atoms with Gasteiger partial charge in [0.1, 0.15) is 6.04 Å². The molecular formula is C16H25NO2. The molecule has 0 bridgehead atoms. The number of rotatable bonds is 7. The van der Waals surface area contributed by atoms with Crippen molar-refractivity contribution in [3.63, 3.8) is 0 Å². The Kier molecular flexibility index (Phi) is 6.57. The minimum absolute atomic E-state index is 0.140. The minimum atomic E-state index is -0.222. The number of hydrogen-bond acceptors (Lipinski definition) is 3. The number of esters is 1. The van der Waals surface area contributed by atoms with Gasteiger partial charge in [-0.1, -0.05) is 49.6 Å². The van der Waals surface area contributed by atoms with Crippen LogP contribution in [0.3, 0.4) is 0 Å². The molecule has 0 aliphatic carbocycles. The molecule has 106 valence electrons. The summed E-state index contributed by atoms with van der Waals surface area (Å²) < 4.78 is 4.87. The van der Waals surface area contributed by atoms with E-state index in [0.717, 1.165) is 19.3 Å². The van der Waals surface area contributed by atoms with Gasteiger partial charge in [-0.3, -0.25) is 10.1 Å². The molecule has 0 saturated heterocycles. The van der Waals surface area contributed by atoms with E-state index in [2.05, 4.69) is 44.3 Å². The topological polar surface area (TPSA) is 38.3 Å². The number of carbonyl (C=O) groups excluding carboxylic acids is 1.